The Bertz CT molecular complexity index is 327. The number of hydrogen-bond acceptors (Lipinski definition) is 1. The smallest absolute Gasteiger partial charge is 0.159 e. The van der Waals surface area contributed by atoms with E-state index in [-0.39, 0.29) is 17.3 Å². The van der Waals surface area contributed by atoms with Crippen LogP contribution in [0.15, 0.2) is 18.2 Å². The van der Waals surface area contributed by atoms with Crippen LogP contribution in [0.5, 0.6) is 0 Å². The molecule has 0 aliphatic carbocycles. The van der Waals surface area contributed by atoms with Gasteiger partial charge < -0.3 is 5.11 Å². The average Bonchev–Trinajstić information content (AvgIpc) is 2.21. The summed E-state index contributed by atoms with van der Waals surface area (Å²) < 4.78 is 25.4. The standard InChI is InChI=1S/C9H8Cl2F2O/c10-4-9(14,5-11)6-1-2-7(12)8(13)3-6/h1-3,14H,4-5H2. The Labute approximate surface area is 90.3 Å². The minimum Gasteiger partial charge on any atom is -0.383 e. The van der Waals surface area contributed by atoms with Crippen LogP contribution in [0.4, 0.5) is 8.78 Å². The maximum absolute atomic E-state index is 12.8. The summed E-state index contributed by atoms with van der Waals surface area (Å²) in [4.78, 5) is 0. The van der Waals surface area contributed by atoms with Crippen molar-refractivity contribution in [2.45, 2.75) is 5.60 Å². The van der Waals surface area contributed by atoms with E-state index in [1.807, 2.05) is 0 Å². The Kier molecular flexibility index (Phi) is 3.70. The van der Waals surface area contributed by atoms with Crippen molar-refractivity contribution >= 4 is 23.2 Å². The van der Waals surface area contributed by atoms with Gasteiger partial charge in [-0.2, -0.15) is 0 Å². The first-order chi connectivity index (χ1) is 6.53. The number of benzene rings is 1. The van der Waals surface area contributed by atoms with Gasteiger partial charge >= 0.3 is 0 Å². The molecule has 0 unspecified atom stereocenters. The van der Waals surface area contributed by atoms with Crippen LogP contribution in [0.2, 0.25) is 0 Å². The second kappa shape index (κ2) is 4.43. The van der Waals surface area contributed by atoms with Crippen molar-refractivity contribution in [2.75, 3.05) is 11.8 Å². The van der Waals surface area contributed by atoms with E-state index >= 15 is 0 Å². The fraction of sp³-hybridized carbons (Fsp3) is 0.333. The molecule has 0 amide bonds. The highest BCUT2D eigenvalue weighted by Crippen LogP contribution is 2.25. The first kappa shape index (κ1) is 11.7. The summed E-state index contributed by atoms with van der Waals surface area (Å²) in [5, 5.41) is 9.76. The van der Waals surface area contributed by atoms with Crippen molar-refractivity contribution < 1.29 is 13.9 Å². The molecule has 0 aromatic heterocycles. The van der Waals surface area contributed by atoms with E-state index in [9.17, 15) is 13.9 Å². The van der Waals surface area contributed by atoms with Gasteiger partial charge in [0.05, 0.1) is 11.8 Å². The maximum atomic E-state index is 12.8. The molecule has 5 heteroatoms. The summed E-state index contributed by atoms with van der Waals surface area (Å²) in [6.07, 6.45) is 0. The third-order valence-corrected chi connectivity index (χ3v) is 2.78. The van der Waals surface area contributed by atoms with E-state index < -0.39 is 17.2 Å². The van der Waals surface area contributed by atoms with Gasteiger partial charge in [0.1, 0.15) is 5.60 Å². The van der Waals surface area contributed by atoms with Crippen molar-refractivity contribution in [2.24, 2.45) is 0 Å². The Morgan fingerprint density at radius 3 is 2.14 bits per heavy atom. The Balaban J connectivity index is 3.12. The summed E-state index contributed by atoms with van der Waals surface area (Å²) in [5.74, 6) is -2.36. The predicted molar refractivity (Wildman–Crippen MR) is 51.7 cm³/mol. The lowest BCUT2D eigenvalue weighted by Gasteiger charge is -2.23. The second-order valence-corrected chi connectivity index (χ2v) is 3.46. The molecule has 0 aliphatic heterocycles. The maximum Gasteiger partial charge on any atom is 0.159 e. The topological polar surface area (TPSA) is 20.2 Å². The molecule has 0 fully saturated rings. The number of aliphatic hydroxyl groups is 1. The number of rotatable bonds is 3. The Hall–Kier alpha value is -0.380. The minimum absolute atomic E-state index is 0.168. The van der Waals surface area contributed by atoms with E-state index in [0.717, 1.165) is 12.1 Å². The molecule has 1 aromatic rings. The van der Waals surface area contributed by atoms with Gasteiger partial charge in [0.15, 0.2) is 11.6 Å². The summed E-state index contributed by atoms with van der Waals surface area (Å²) in [5.41, 5.74) is -1.35. The molecule has 0 heterocycles. The average molecular weight is 241 g/mol. The zero-order chi connectivity index (χ0) is 10.8. The Morgan fingerprint density at radius 1 is 1.14 bits per heavy atom. The molecule has 14 heavy (non-hydrogen) atoms. The molecule has 78 valence electrons. The van der Waals surface area contributed by atoms with E-state index in [1.165, 1.54) is 6.07 Å². The molecule has 0 atom stereocenters. The monoisotopic (exact) mass is 240 g/mol. The minimum atomic E-state index is -1.52. The van der Waals surface area contributed by atoms with Crippen molar-refractivity contribution in [3.8, 4) is 0 Å². The molecule has 0 bridgehead atoms. The molecule has 0 radical (unpaired) electrons. The molecule has 1 aromatic carbocycles. The van der Waals surface area contributed by atoms with Gasteiger partial charge in [-0.05, 0) is 17.7 Å². The summed E-state index contributed by atoms with van der Waals surface area (Å²) >= 11 is 11.0. The van der Waals surface area contributed by atoms with Gasteiger partial charge in [0.25, 0.3) is 0 Å². The molecular weight excluding hydrogens is 233 g/mol. The zero-order valence-electron chi connectivity index (χ0n) is 7.11. The van der Waals surface area contributed by atoms with Gasteiger partial charge in [-0.25, -0.2) is 8.78 Å². The van der Waals surface area contributed by atoms with Crippen molar-refractivity contribution in [1.29, 1.82) is 0 Å². The van der Waals surface area contributed by atoms with Crippen molar-refractivity contribution in [3.05, 3.63) is 35.4 Å². The van der Waals surface area contributed by atoms with Crippen LogP contribution in [-0.4, -0.2) is 16.9 Å². The lowest BCUT2D eigenvalue weighted by atomic mass is 9.98. The van der Waals surface area contributed by atoms with Gasteiger partial charge in [0, 0.05) is 0 Å². The highest BCUT2D eigenvalue weighted by molar-refractivity contribution is 6.21. The predicted octanol–water partition coefficient (Wildman–Crippen LogP) is 2.63. The van der Waals surface area contributed by atoms with Crippen LogP contribution < -0.4 is 0 Å². The highest BCUT2D eigenvalue weighted by Gasteiger charge is 2.28. The fourth-order valence-electron chi connectivity index (χ4n) is 0.976. The molecule has 1 rings (SSSR count). The second-order valence-electron chi connectivity index (χ2n) is 2.93. The third-order valence-electron chi connectivity index (χ3n) is 1.90. The number of alkyl halides is 2. The summed E-state index contributed by atoms with van der Waals surface area (Å²) in [6.45, 7) is 0. The lowest BCUT2D eigenvalue weighted by Crippen LogP contribution is -2.30. The molecule has 1 N–H and O–H groups in total. The molecule has 0 saturated carbocycles. The zero-order valence-corrected chi connectivity index (χ0v) is 8.62. The summed E-state index contributed by atoms with van der Waals surface area (Å²) in [7, 11) is 0. The van der Waals surface area contributed by atoms with Crippen LogP contribution in [0.1, 0.15) is 5.56 Å². The van der Waals surface area contributed by atoms with Crippen molar-refractivity contribution in [3.63, 3.8) is 0 Å². The normalized spacial score (nSPS) is 11.8. The van der Waals surface area contributed by atoms with Crippen LogP contribution in [-0.2, 0) is 5.60 Å². The SMILES string of the molecule is OC(CCl)(CCl)c1ccc(F)c(F)c1. The van der Waals surface area contributed by atoms with Gasteiger partial charge in [-0.1, -0.05) is 6.07 Å². The van der Waals surface area contributed by atoms with E-state index in [4.69, 9.17) is 23.2 Å². The van der Waals surface area contributed by atoms with Crippen LogP contribution in [0, 0.1) is 11.6 Å². The van der Waals surface area contributed by atoms with E-state index in [0.29, 0.717) is 0 Å². The molecular formula is C9H8Cl2F2O. The van der Waals surface area contributed by atoms with Crippen LogP contribution in [0.3, 0.4) is 0 Å². The first-order valence-corrected chi connectivity index (χ1v) is 4.90. The van der Waals surface area contributed by atoms with Crippen LogP contribution in [0.25, 0.3) is 0 Å². The largest absolute Gasteiger partial charge is 0.383 e. The lowest BCUT2D eigenvalue weighted by molar-refractivity contribution is 0.0857. The third kappa shape index (κ3) is 2.16. The highest BCUT2D eigenvalue weighted by atomic mass is 35.5. The van der Waals surface area contributed by atoms with E-state index in [1.54, 1.807) is 0 Å². The van der Waals surface area contributed by atoms with Crippen molar-refractivity contribution in [1.82, 2.24) is 0 Å². The summed E-state index contributed by atoms with van der Waals surface area (Å²) in [6, 6.07) is 3.07. The number of hydrogen-bond donors (Lipinski definition) is 1. The molecule has 0 spiro atoms. The molecule has 1 nitrogen and oxygen atoms in total. The molecule has 0 saturated heterocycles. The van der Waals surface area contributed by atoms with Crippen LogP contribution >= 0.6 is 23.2 Å². The Morgan fingerprint density at radius 2 is 1.71 bits per heavy atom. The van der Waals surface area contributed by atoms with E-state index in [2.05, 4.69) is 0 Å². The fourth-order valence-corrected chi connectivity index (χ4v) is 1.57. The van der Waals surface area contributed by atoms with Gasteiger partial charge in [-0.3, -0.25) is 0 Å². The number of halogens is 4. The van der Waals surface area contributed by atoms with Gasteiger partial charge in [0.2, 0.25) is 0 Å². The molecule has 0 aliphatic rings. The van der Waals surface area contributed by atoms with Gasteiger partial charge in [-0.15, -0.1) is 23.2 Å². The quantitative estimate of drug-likeness (QED) is 0.806. The first-order valence-electron chi connectivity index (χ1n) is 3.83.